The molecule has 1 fully saturated rings. The first-order valence-electron chi connectivity index (χ1n) is 6.89. The normalized spacial score (nSPS) is 16.4. The summed E-state index contributed by atoms with van der Waals surface area (Å²) < 4.78 is 13.1. The van der Waals surface area contributed by atoms with Crippen LogP contribution >= 0.6 is 11.6 Å². The van der Waals surface area contributed by atoms with E-state index in [0.717, 1.165) is 31.5 Å². The van der Waals surface area contributed by atoms with Gasteiger partial charge >= 0.3 is 0 Å². The van der Waals surface area contributed by atoms with Crippen molar-refractivity contribution in [3.05, 3.63) is 28.8 Å². The third kappa shape index (κ3) is 3.91. The molecule has 114 valence electrons. The van der Waals surface area contributed by atoms with E-state index < -0.39 is 17.8 Å². The zero-order valence-corrected chi connectivity index (χ0v) is 12.5. The Morgan fingerprint density at radius 2 is 2.05 bits per heavy atom. The number of pyridine rings is 1. The van der Waals surface area contributed by atoms with Crippen molar-refractivity contribution in [2.45, 2.75) is 32.2 Å². The van der Waals surface area contributed by atoms with Crippen molar-refractivity contribution in [3.8, 4) is 0 Å². The first-order chi connectivity index (χ1) is 9.99. The standard InChI is InChI=1S/C14H17ClFN3O2/c1-9(14(21)19-5-3-2-4-6-19)18-13(20)11-7-10(16)8-17-12(11)15/h7-9H,2-6H2,1H3,(H,18,20). The van der Waals surface area contributed by atoms with Crippen LogP contribution in [0.5, 0.6) is 0 Å². The van der Waals surface area contributed by atoms with Crippen LogP contribution in [-0.4, -0.2) is 40.8 Å². The summed E-state index contributed by atoms with van der Waals surface area (Å²) in [6.07, 6.45) is 4.01. The van der Waals surface area contributed by atoms with Crippen molar-refractivity contribution < 1.29 is 14.0 Å². The van der Waals surface area contributed by atoms with Gasteiger partial charge in [0, 0.05) is 13.1 Å². The number of aromatic nitrogens is 1. The molecule has 0 aliphatic carbocycles. The third-order valence-corrected chi connectivity index (χ3v) is 3.74. The average Bonchev–Trinajstić information content (AvgIpc) is 2.49. The number of piperidine rings is 1. The van der Waals surface area contributed by atoms with Gasteiger partial charge in [0.1, 0.15) is 17.0 Å². The van der Waals surface area contributed by atoms with Gasteiger partial charge in [-0.2, -0.15) is 0 Å². The van der Waals surface area contributed by atoms with E-state index in [-0.39, 0.29) is 16.6 Å². The second-order valence-corrected chi connectivity index (χ2v) is 5.43. The molecule has 1 aliphatic rings. The zero-order chi connectivity index (χ0) is 15.4. The fourth-order valence-corrected chi connectivity index (χ4v) is 2.50. The minimum absolute atomic E-state index is 0.0741. The molecule has 0 spiro atoms. The van der Waals surface area contributed by atoms with Crippen LogP contribution in [0.2, 0.25) is 5.15 Å². The quantitative estimate of drug-likeness (QED) is 0.868. The van der Waals surface area contributed by atoms with Gasteiger partial charge in [0.25, 0.3) is 5.91 Å². The van der Waals surface area contributed by atoms with Crippen LogP contribution in [0.3, 0.4) is 0 Å². The number of carbonyl (C=O) groups is 2. The fraction of sp³-hybridized carbons (Fsp3) is 0.500. The van der Waals surface area contributed by atoms with Crippen molar-refractivity contribution in [2.24, 2.45) is 0 Å². The molecule has 21 heavy (non-hydrogen) atoms. The number of hydrogen-bond donors (Lipinski definition) is 1. The van der Waals surface area contributed by atoms with Gasteiger partial charge in [0.15, 0.2) is 0 Å². The molecule has 1 unspecified atom stereocenters. The Bertz CT molecular complexity index is 547. The zero-order valence-electron chi connectivity index (χ0n) is 11.7. The van der Waals surface area contributed by atoms with E-state index in [1.807, 2.05) is 0 Å². The van der Waals surface area contributed by atoms with Crippen LogP contribution in [-0.2, 0) is 4.79 Å². The van der Waals surface area contributed by atoms with Gasteiger partial charge in [-0.15, -0.1) is 0 Å². The predicted molar refractivity (Wildman–Crippen MR) is 76.6 cm³/mol. The highest BCUT2D eigenvalue weighted by Crippen LogP contribution is 2.14. The number of rotatable bonds is 3. The lowest BCUT2D eigenvalue weighted by molar-refractivity contribution is -0.133. The highest BCUT2D eigenvalue weighted by atomic mass is 35.5. The van der Waals surface area contributed by atoms with E-state index in [1.165, 1.54) is 0 Å². The molecule has 0 saturated carbocycles. The number of nitrogens with one attached hydrogen (secondary N) is 1. The maximum atomic E-state index is 13.1. The minimum atomic E-state index is -0.685. The molecule has 2 amide bonds. The summed E-state index contributed by atoms with van der Waals surface area (Å²) in [6.45, 7) is 3.03. The van der Waals surface area contributed by atoms with Crippen LogP contribution in [0, 0.1) is 5.82 Å². The number of hydrogen-bond acceptors (Lipinski definition) is 3. The second-order valence-electron chi connectivity index (χ2n) is 5.07. The summed E-state index contributed by atoms with van der Waals surface area (Å²) in [4.78, 5) is 29.6. The van der Waals surface area contributed by atoms with Gasteiger partial charge in [-0.3, -0.25) is 9.59 Å². The second kappa shape index (κ2) is 6.85. The van der Waals surface area contributed by atoms with Gasteiger partial charge in [-0.1, -0.05) is 11.6 Å². The molecule has 1 N–H and O–H groups in total. The van der Waals surface area contributed by atoms with Gasteiger partial charge in [0.2, 0.25) is 5.91 Å². The summed E-state index contributed by atoms with van der Waals surface area (Å²) in [7, 11) is 0. The lowest BCUT2D eigenvalue weighted by Crippen LogP contribution is -2.48. The van der Waals surface area contributed by atoms with Crippen LogP contribution in [0.4, 0.5) is 4.39 Å². The molecule has 7 heteroatoms. The van der Waals surface area contributed by atoms with Gasteiger partial charge < -0.3 is 10.2 Å². The first-order valence-corrected chi connectivity index (χ1v) is 7.27. The van der Waals surface area contributed by atoms with Crippen LogP contribution in [0.1, 0.15) is 36.5 Å². The lowest BCUT2D eigenvalue weighted by atomic mass is 10.1. The Morgan fingerprint density at radius 1 is 1.38 bits per heavy atom. The highest BCUT2D eigenvalue weighted by Gasteiger charge is 2.24. The van der Waals surface area contributed by atoms with Crippen molar-refractivity contribution in [1.82, 2.24) is 15.2 Å². The first kappa shape index (κ1) is 15.7. The van der Waals surface area contributed by atoms with Crippen molar-refractivity contribution >= 4 is 23.4 Å². The Morgan fingerprint density at radius 3 is 2.71 bits per heavy atom. The number of likely N-dealkylation sites (tertiary alicyclic amines) is 1. The summed E-state index contributed by atoms with van der Waals surface area (Å²) >= 11 is 5.77. The Labute approximate surface area is 127 Å². The average molecular weight is 314 g/mol. The predicted octanol–water partition coefficient (Wildman–Crippen LogP) is 2.00. The van der Waals surface area contributed by atoms with Gasteiger partial charge in [0.05, 0.1) is 11.8 Å². The summed E-state index contributed by atoms with van der Waals surface area (Å²) in [5, 5.41) is 2.45. The van der Waals surface area contributed by atoms with Crippen molar-refractivity contribution in [2.75, 3.05) is 13.1 Å². The highest BCUT2D eigenvalue weighted by molar-refractivity contribution is 6.32. The molecule has 5 nitrogen and oxygen atoms in total. The third-order valence-electron chi connectivity index (χ3n) is 3.44. The van der Waals surface area contributed by atoms with E-state index in [1.54, 1.807) is 11.8 Å². The van der Waals surface area contributed by atoms with E-state index in [9.17, 15) is 14.0 Å². The smallest absolute Gasteiger partial charge is 0.255 e. The molecule has 2 rings (SSSR count). The minimum Gasteiger partial charge on any atom is -0.341 e. The summed E-state index contributed by atoms with van der Waals surface area (Å²) in [5.41, 5.74) is -0.0741. The van der Waals surface area contributed by atoms with Crippen molar-refractivity contribution in [1.29, 1.82) is 0 Å². The van der Waals surface area contributed by atoms with Crippen LogP contribution < -0.4 is 5.32 Å². The molecule has 1 saturated heterocycles. The van der Waals surface area contributed by atoms with Gasteiger partial charge in [-0.25, -0.2) is 9.37 Å². The fourth-order valence-electron chi connectivity index (χ4n) is 2.31. The topological polar surface area (TPSA) is 62.3 Å². The Balaban J connectivity index is 2.01. The number of amides is 2. The van der Waals surface area contributed by atoms with E-state index in [4.69, 9.17) is 11.6 Å². The maximum Gasteiger partial charge on any atom is 0.255 e. The van der Waals surface area contributed by atoms with E-state index in [2.05, 4.69) is 10.3 Å². The molecule has 1 aliphatic heterocycles. The Hall–Kier alpha value is -1.69. The van der Waals surface area contributed by atoms with Crippen molar-refractivity contribution in [3.63, 3.8) is 0 Å². The molecule has 0 radical (unpaired) electrons. The molecular formula is C14H17ClFN3O2. The maximum absolute atomic E-state index is 13.1. The van der Waals surface area contributed by atoms with E-state index in [0.29, 0.717) is 13.1 Å². The summed E-state index contributed by atoms with van der Waals surface area (Å²) in [6, 6.07) is 0.317. The number of halogens is 2. The number of carbonyl (C=O) groups excluding carboxylic acids is 2. The molecule has 0 bridgehead atoms. The molecule has 0 aromatic carbocycles. The molecule has 1 aromatic rings. The molecular weight excluding hydrogens is 297 g/mol. The van der Waals surface area contributed by atoms with Gasteiger partial charge in [-0.05, 0) is 32.3 Å². The summed E-state index contributed by atoms with van der Waals surface area (Å²) in [5.74, 6) is -1.40. The molecule has 1 aromatic heterocycles. The van der Waals surface area contributed by atoms with Crippen LogP contribution in [0.25, 0.3) is 0 Å². The number of nitrogens with zero attached hydrogens (tertiary/aromatic N) is 2. The molecule has 1 atom stereocenters. The van der Waals surface area contributed by atoms with Crippen LogP contribution in [0.15, 0.2) is 12.3 Å². The molecule has 2 heterocycles. The largest absolute Gasteiger partial charge is 0.341 e. The SMILES string of the molecule is CC(NC(=O)c1cc(F)cnc1Cl)C(=O)N1CCCCC1. The van der Waals surface area contributed by atoms with E-state index >= 15 is 0 Å². The monoisotopic (exact) mass is 313 g/mol. The lowest BCUT2D eigenvalue weighted by Gasteiger charge is -2.29. The Kier molecular flexibility index (Phi) is 5.12.